The minimum atomic E-state index is -0.376. The van der Waals surface area contributed by atoms with Gasteiger partial charge >= 0.3 is 0 Å². The van der Waals surface area contributed by atoms with Crippen LogP contribution in [0.15, 0.2) is 18.2 Å². The number of hydrogen-bond donors (Lipinski definition) is 1. The van der Waals surface area contributed by atoms with E-state index < -0.39 is 0 Å². The fourth-order valence-corrected chi connectivity index (χ4v) is 4.18. The highest BCUT2D eigenvalue weighted by molar-refractivity contribution is 6.31. The van der Waals surface area contributed by atoms with E-state index in [9.17, 15) is 9.18 Å². The van der Waals surface area contributed by atoms with Crippen LogP contribution in [0.4, 0.5) is 4.39 Å². The molecular weight excluding hydrogens is 326 g/mol. The summed E-state index contributed by atoms with van der Waals surface area (Å²) in [5.74, 6) is 0.415. The van der Waals surface area contributed by atoms with Crippen LogP contribution in [0.25, 0.3) is 0 Å². The molecule has 0 saturated heterocycles. The number of amides is 1. The van der Waals surface area contributed by atoms with Gasteiger partial charge in [-0.2, -0.15) is 0 Å². The van der Waals surface area contributed by atoms with E-state index in [2.05, 4.69) is 0 Å². The van der Waals surface area contributed by atoms with E-state index in [0.29, 0.717) is 22.4 Å². The summed E-state index contributed by atoms with van der Waals surface area (Å²) in [7, 11) is 1.70. The van der Waals surface area contributed by atoms with Gasteiger partial charge in [0.1, 0.15) is 5.82 Å². The standard InChI is InChI=1S/C16H20ClFN2O.ClH/c1-20(8-11-12(17)3-2-4-13(11)18)16(21)14-9-5-6-10(7-9)15(14)19;/h2-4,9-10,14-15H,5-8,19H2,1H3;1H. The molecule has 22 heavy (non-hydrogen) atoms. The summed E-state index contributed by atoms with van der Waals surface area (Å²) >= 11 is 6.03. The second-order valence-electron chi connectivity index (χ2n) is 6.33. The third-order valence-corrected chi connectivity index (χ3v) is 5.45. The minimum Gasteiger partial charge on any atom is -0.341 e. The van der Waals surface area contributed by atoms with Gasteiger partial charge in [-0.1, -0.05) is 17.7 Å². The first-order valence-corrected chi connectivity index (χ1v) is 7.80. The van der Waals surface area contributed by atoms with Crippen LogP contribution >= 0.6 is 24.0 Å². The van der Waals surface area contributed by atoms with Gasteiger partial charge in [0.25, 0.3) is 0 Å². The number of carbonyl (C=O) groups is 1. The minimum absolute atomic E-state index is 0. The van der Waals surface area contributed by atoms with E-state index in [0.717, 1.165) is 19.3 Å². The molecule has 1 amide bonds. The van der Waals surface area contributed by atoms with Crippen molar-refractivity contribution in [2.45, 2.75) is 31.8 Å². The highest BCUT2D eigenvalue weighted by Gasteiger charge is 2.49. The third-order valence-electron chi connectivity index (χ3n) is 5.10. The molecule has 6 heteroatoms. The topological polar surface area (TPSA) is 46.3 Å². The lowest BCUT2D eigenvalue weighted by molar-refractivity contribution is -0.137. The molecule has 0 aliphatic heterocycles. The molecular formula is C16H21Cl2FN2O. The van der Waals surface area contributed by atoms with Crippen LogP contribution in [-0.4, -0.2) is 23.9 Å². The first-order valence-electron chi connectivity index (χ1n) is 7.42. The second kappa shape index (κ2) is 6.73. The SMILES string of the molecule is CN(Cc1c(F)cccc1Cl)C(=O)C1C2CCC(C2)C1N.Cl. The van der Waals surface area contributed by atoms with Gasteiger partial charge in [0.05, 0.1) is 5.92 Å². The van der Waals surface area contributed by atoms with Crippen molar-refractivity contribution < 1.29 is 9.18 Å². The summed E-state index contributed by atoms with van der Waals surface area (Å²) < 4.78 is 13.8. The maximum Gasteiger partial charge on any atom is 0.227 e. The van der Waals surface area contributed by atoms with Crippen molar-refractivity contribution in [3.05, 3.63) is 34.6 Å². The number of rotatable bonds is 3. The molecule has 2 saturated carbocycles. The van der Waals surface area contributed by atoms with Crippen molar-refractivity contribution in [3.63, 3.8) is 0 Å². The lowest BCUT2D eigenvalue weighted by Crippen LogP contribution is -2.45. The number of fused-ring (bicyclic) bond motifs is 2. The quantitative estimate of drug-likeness (QED) is 0.913. The Balaban J connectivity index is 0.00000176. The Bertz CT molecular complexity index is 547. The van der Waals surface area contributed by atoms with Crippen molar-refractivity contribution in [2.75, 3.05) is 7.05 Å². The Labute approximate surface area is 141 Å². The van der Waals surface area contributed by atoms with E-state index in [1.165, 1.54) is 6.07 Å². The predicted octanol–water partition coefficient (Wildman–Crippen LogP) is 3.23. The Hall–Kier alpha value is -0.840. The van der Waals surface area contributed by atoms with Crippen molar-refractivity contribution in [3.8, 4) is 0 Å². The van der Waals surface area contributed by atoms with Gasteiger partial charge in [-0.3, -0.25) is 4.79 Å². The van der Waals surface area contributed by atoms with E-state index in [1.54, 1.807) is 24.1 Å². The molecule has 2 bridgehead atoms. The number of carbonyl (C=O) groups excluding carboxylic acids is 1. The average Bonchev–Trinajstić information content (AvgIpc) is 3.03. The zero-order chi connectivity index (χ0) is 15.1. The molecule has 2 N–H and O–H groups in total. The Morgan fingerprint density at radius 2 is 2.09 bits per heavy atom. The zero-order valence-electron chi connectivity index (χ0n) is 12.5. The van der Waals surface area contributed by atoms with Gasteiger partial charge in [-0.05, 0) is 43.2 Å². The average molecular weight is 347 g/mol. The number of nitrogens with two attached hydrogens (primary N) is 1. The lowest BCUT2D eigenvalue weighted by Gasteiger charge is -2.31. The monoisotopic (exact) mass is 346 g/mol. The first-order chi connectivity index (χ1) is 9.99. The maximum absolute atomic E-state index is 13.8. The van der Waals surface area contributed by atoms with Crippen LogP contribution in [0.5, 0.6) is 0 Å². The molecule has 0 heterocycles. The molecule has 4 atom stereocenters. The summed E-state index contributed by atoms with van der Waals surface area (Å²) in [5.41, 5.74) is 6.58. The van der Waals surface area contributed by atoms with Crippen LogP contribution in [0.3, 0.4) is 0 Å². The molecule has 3 rings (SSSR count). The van der Waals surface area contributed by atoms with Crippen molar-refractivity contribution in [1.29, 1.82) is 0 Å². The van der Waals surface area contributed by atoms with E-state index >= 15 is 0 Å². The van der Waals surface area contributed by atoms with E-state index in [4.69, 9.17) is 17.3 Å². The molecule has 1 aromatic rings. The molecule has 4 unspecified atom stereocenters. The largest absolute Gasteiger partial charge is 0.341 e. The Kier molecular flexibility index (Phi) is 5.36. The smallest absolute Gasteiger partial charge is 0.227 e. The molecule has 0 spiro atoms. The highest BCUT2D eigenvalue weighted by atomic mass is 35.5. The summed E-state index contributed by atoms with van der Waals surface area (Å²) in [4.78, 5) is 14.2. The van der Waals surface area contributed by atoms with Crippen LogP contribution in [-0.2, 0) is 11.3 Å². The molecule has 3 nitrogen and oxygen atoms in total. The zero-order valence-corrected chi connectivity index (χ0v) is 14.0. The van der Waals surface area contributed by atoms with Gasteiger partial charge in [0.15, 0.2) is 0 Å². The summed E-state index contributed by atoms with van der Waals surface area (Å²) in [6, 6.07) is 4.52. The van der Waals surface area contributed by atoms with E-state index in [-0.39, 0.29) is 42.6 Å². The van der Waals surface area contributed by atoms with Gasteiger partial charge in [-0.15, -0.1) is 12.4 Å². The molecule has 1 aromatic carbocycles. The number of hydrogen-bond acceptors (Lipinski definition) is 2. The normalized spacial score (nSPS) is 29.3. The Morgan fingerprint density at radius 1 is 1.41 bits per heavy atom. The Morgan fingerprint density at radius 3 is 2.68 bits per heavy atom. The van der Waals surface area contributed by atoms with Gasteiger partial charge in [0, 0.05) is 30.2 Å². The molecule has 2 fully saturated rings. The van der Waals surface area contributed by atoms with Gasteiger partial charge < -0.3 is 10.6 Å². The number of halogens is 3. The fourth-order valence-electron chi connectivity index (χ4n) is 3.96. The van der Waals surface area contributed by atoms with Crippen molar-refractivity contribution in [1.82, 2.24) is 4.90 Å². The van der Waals surface area contributed by atoms with Crippen molar-refractivity contribution in [2.24, 2.45) is 23.5 Å². The van der Waals surface area contributed by atoms with Crippen LogP contribution in [0.2, 0.25) is 5.02 Å². The molecule has 0 radical (unpaired) electrons. The predicted molar refractivity (Wildman–Crippen MR) is 87.4 cm³/mol. The molecule has 2 aliphatic rings. The third kappa shape index (κ3) is 2.97. The fraction of sp³-hybridized carbons (Fsp3) is 0.562. The second-order valence-corrected chi connectivity index (χ2v) is 6.74. The lowest BCUT2D eigenvalue weighted by atomic mass is 9.84. The molecule has 122 valence electrons. The van der Waals surface area contributed by atoms with E-state index in [1.807, 2.05) is 0 Å². The summed E-state index contributed by atoms with van der Waals surface area (Å²) in [6.45, 7) is 0.185. The van der Waals surface area contributed by atoms with Crippen molar-refractivity contribution >= 4 is 29.9 Å². The van der Waals surface area contributed by atoms with Crippen LogP contribution in [0.1, 0.15) is 24.8 Å². The first kappa shape index (κ1) is 17.5. The molecule has 0 aromatic heterocycles. The van der Waals surface area contributed by atoms with Crippen LogP contribution < -0.4 is 5.73 Å². The number of nitrogens with zero attached hydrogens (tertiary/aromatic N) is 1. The highest BCUT2D eigenvalue weighted by Crippen LogP contribution is 2.48. The molecule has 2 aliphatic carbocycles. The number of benzene rings is 1. The summed E-state index contributed by atoms with van der Waals surface area (Å²) in [5, 5.41) is 0.354. The summed E-state index contributed by atoms with van der Waals surface area (Å²) in [6.07, 6.45) is 3.29. The van der Waals surface area contributed by atoms with Gasteiger partial charge in [-0.25, -0.2) is 4.39 Å². The van der Waals surface area contributed by atoms with Crippen LogP contribution in [0, 0.1) is 23.6 Å². The van der Waals surface area contributed by atoms with Gasteiger partial charge in [0.2, 0.25) is 5.91 Å². The maximum atomic E-state index is 13.8.